The van der Waals surface area contributed by atoms with Gasteiger partial charge in [0.05, 0.1) is 19.4 Å². The number of hydrogen-bond acceptors (Lipinski definition) is 5. The normalized spacial score (nSPS) is 10.1. The summed E-state index contributed by atoms with van der Waals surface area (Å²) in [6.07, 6.45) is 0. The van der Waals surface area contributed by atoms with Gasteiger partial charge in [-0.1, -0.05) is 0 Å². The van der Waals surface area contributed by atoms with Crippen LogP contribution in [0.15, 0.2) is 29.6 Å². The first-order valence-electron chi connectivity index (χ1n) is 6.10. The molecule has 0 fully saturated rings. The fraction of sp³-hybridized carbons (Fsp3) is 0.214. The van der Waals surface area contributed by atoms with Crippen molar-refractivity contribution in [2.45, 2.75) is 6.92 Å². The lowest BCUT2D eigenvalue weighted by Gasteiger charge is -2.11. The number of benzene rings is 1. The molecule has 20 heavy (non-hydrogen) atoms. The van der Waals surface area contributed by atoms with E-state index in [4.69, 9.17) is 15.2 Å². The summed E-state index contributed by atoms with van der Waals surface area (Å²) in [5, 5.41) is 4.57. The standard InChI is InChI=1S/C14H16N2O3S/c1-3-19-11-5-4-9(8-12(11)18-2)16-14(17)13-10(15)6-7-20-13/h4-8H,3,15H2,1-2H3,(H,16,17). The smallest absolute Gasteiger partial charge is 0.267 e. The number of nitrogen functional groups attached to an aromatic ring is 1. The van der Waals surface area contributed by atoms with Crippen molar-refractivity contribution in [1.29, 1.82) is 0 Å². The van der Waals surface area contributed by atoms with Crippen LogP contribution in [-0.4, -0.2) is 19.6 Å². The molecule has 1 heterocycles. The number of amides is 1. The summed E-state index contributed by atoms with van der Waals surface area (Å²) in [7, 11) is 1.56. The van der Waals surface area contributed by atoms with E-state index in [1.165, 1.54) is 11.3 Å². The quantitative estimate of drug-likeness (QED) is 0.888. The third-order valence-corrected chi connectivity index (χ3v) is 3.55. The summed E-state index contributed by atoms with van der Waals surface area (Å²) in [5.41, 5.74) is 6.82. The Labute approximate surface area is 121 Å². The molecule has 2 aromatic rings. The molecule has 0 aliphatic rings. The number of carbonyl (C=O) groups excluding carboxylic acids is 1. The van der Waals surface area contributed by atoms with Gasteiger partial charge < -0.3 is 20.5 Å². The highest BCUT2D eigenvalue weighted by molar-refractivity contribution is 7.12. The summed E-state index contributed by atoms with van der Waals surface area (Å²) < 4.78 is 10.7. The molecule has 0 saturated heterocycles. The Morgan fingerprint density at radius 2 is 2.15 bits per heavy atom. The van der Waals surface area contributed by atoms with E-state index in [1.807, 2.05) is 6.92 Å². The van der Waals surface area contributed by atoms with Gasteiger partial charge in [-0.15, -0.1) is 11.3 Å². The lowest BCUT2D eigenvalue weighted by Crippen LogP contribution is -2.12. The van der Waals surface area contributed by atoms with Gasteiger partial charge in [0, 0.05) is 11.8 Å². The second-order valence-corrected chi connectivity index (χ2v) is 4.87. The molecule has 0 unspecified atom stereocenters. The van der Waals surface area contributed by atoms with Gasteiger partial charge in [0.2, 0.25) is 0 Å². The summed E-state index contributed by atoms with van der Waals surface area (Å²) in [6, 6.07) is 6.94. The van der Waals surface area contributed by atoms with E-state index in [9.17, 15) is 4.79 Å². The van der Waals surface area contributed by atoms with Crippen LogP contribution in [0.3, 0.4) is 0 Å². The molecule has 0 saturated carbocycles. The van der Waals surface area contributed by atoms with Crippen molar-refractivity contribution < 1.29 is 14.3 Å². The highest BCUT2D eigenvalue weighted by Crippen LogP contribution is 2.30. The molecule has 0 aliphatic heterocycles. The number of ether oxygens (including phenoxy) is 2. The van der Waals surface area contributed by atoms with E-state index < -0.39 is 0 Å². The summed E-state index contributed by atoms with van der Waals surface area (Å²) in [6.45, 7) is 2.45. The first-order valence-corrected chi connectivity index (χ1v) is 6.98. The van der Waals surface area contributed by atoms with E-state index >= 15 is 0 Å². The van der Waals surface area contributed by atoms with Crippen molar-refractivity contribution >= 4 is 28.6 Å². The largest absolute Gasteiger partial charge is 0.493 e. The van der Waals surface area contributed by atoms with Gasteiger partial charge >= 0.3 is 0 Å². The molecule has 6 heteroatoms. The number of thiophene rings is 1. The van der Waals surface area contributed by atoms with Crippen LogP contribution in [-0.2, 0) is 0 Å². The minimum atomic E-state index is -0.233. The first-order chi connectivity index (χ1) is 9.65. The Morgan fingerprint density at radius 1 is 1.35 bits per heavy atom. The Bertz CT molecular complexity index is 610. The van der Waals surface area contributed by atoms with Gasteiger partial charge in [-0.2, -0.15) is 0 Å². The third-order valence-electron chi connectivity index (χ3n) is 2.62. The third kappa shape index (κ3) is 3.03. The monoisotopic (exact) mass is 292 g/mol. The van der Waals surface area contributed by atoms with Gasteiger partial charge in [-0.05, 0) is 30.5 Å². The minimum Gasteiger partial charge on any atom is -0.493 e. The maximum Gasteiger partial charge on any atom is 0.267 e. The number of nitrogens with two attached hydrogens (primary N) is 1. The number of methoxy groups -OCH3 is 1. The van der Waals surface area contributed by atoms with Crippen molar-refractivity contribution in [2.24, 2.45) is 0 Å². The van der Waals surface area contributed by atoms with Crippen LogP contribution in [0.2, 0.25) is 0 Å². The number of nitrogens with one attached hydrogen (secondary N) is 1. The molecule has 0 atom stereocenters. The number of anilines is 2. The van der Waals surface area contributed by atoms with Crippen molar-refractivity contribution in [3.05, 3.63) is 34.5 Å². The Hall–Kier alpha value is -2.21. The van der Waals surface area contributed by atoms with Crippen molar-refractivity contribution in [3.8, 4) is 11.5 Å². The molecule has 106 valence electrons. The number of rotatable bonds is 5. The fourth-order valence-corrected chi connectivity index (χ4v) is 2.42. The predicted octanol–water partition coefficient (Wildman–Crippen LogP) is 2.99. The molecule has 3 N–H and O–H groups in total. The molecular formula is C14H16N2O3S. The predicted molar refractivity (Wildman–Crippen MR) is 80.8 cm³/mol. The SMILES string of the molecule is CCOc1ccc(NC(=O)c2sccc2N)cc1OC. The van der Waals surface area contributed by atoms with Crippen molar-refractivity contribution in [3.63, 3.8) is 0 Å². The van der Waals surface area contributed by atoms with Gasteiger partial charge in [-0.3, -0.25) is 4.79 Å². The number of carbonyl (C=O) groups is 1. The van der Waals surface area contributed by atoms with Crippen LogP contribution in [0, 0.1) is 0 Å². The number of hydrogen-bond donors (Lipinski definition) is 2. The highest BCUT2D eigenvalue weighted by atomic mass is 32.1. The van der Waals surface area contributed by atoms with E-state index in [1.54, 1.807) is 36.8 Å². The van der Waals surface area contributed by atoms with Crippen LogP contribution >= 0.6 is 11.3 Å². The second-order valence-electron chi connectivity index (χ2n) is 3.96. The maximum atomic E-state index is 12.1. The zero-order chi connectivity index (χ0) is 14.5. The summed E-state index contributed by atoms with van der Waals surface area (Å²) in [5.74, 6) is 0.983. The second kappa shape index (κ2) is 6.29. The zero-order valence-corrected chi connectivity index (χ0v) is 12.1. The Balaban J connectivity index is 2.18. The van der Waals surface area contributed by atoms with Gasteiger partial charge in [0.25, 0.3) is 5.91 Å². The molecule has 5 nitrogen and oxygen atoms in total. The van der Waals surface area contributed by atoms with E-state index in [0.717, 1.165) is 0 Å². The molecule has 0 bridgehead atoms. The zero-order valence-electron chi connectivity index (χ0n) is 11.3. The highest BCUT2D eigenvalue weighted by Gasteiger charge is 2.13. The Kier molecular flexibility index (Phi) is 4.47. The average molecular weight is 292 g/mol. The van der Waals surface area contributed by atoms with Crippen LogP contribution in [0.25, 0.3) is 0 Å². The molecule has 0 radical (unpaired) electrons. The van der Waals surface area contributed by atoms with Gasteiger partial charge in [-0.25, -0.2) is 0 Å². The molecule has 1 amide bonds. The molecule has 0 spiro atoms. The molecule has 2 rings (SSSR count). The Morgan fingerprint density at radius 3 is 2.75 bits per heavy atom. The van der Waals surface area contributed by atoms with Crippen LogP contribution in [0.1, 0.15) is 16.6 Å². The molecule has 0 aliphatic carbocycles. The first kappa shape index (κ1) is 14.2. The minimum absolute atomic E-state index is 0.233. The van der Waals surface area contributed by atoms with Crippen LogP contribution in [0.4, 0.5) is 11.4 Å². The topological polar surface area (TPSA) is 73.6 Å². The summed E-state index contributed by atoms with van der Waals surface area (Å²) in [4.78, 5) is 12.6. The van der Waals surface area contributed by atoms with E-state index in [-0.39, 0.29) is 5.91 Å². The molecule has 1 aromatic heterocycles. The molecular weight excluding hydrogens is 276 g/mol. The fourth-order valence-electron chi connectivity index (χ4n) is 1.71. The van der Waals surface area contributed by atoms with E-state index in [0.29, 0.717) is 34.4 Å². The van der Waals surface area contributed by atoms with Crippen molar-refractivity contribution in [2.75, 3.05) is 24.8 Å². The lowest BCUT2D eigenvalue weighted by molar-refractivity contribution is 0.103. The van der Waals surface area contributed by atoms with E-state index in [2.05, 4.69) is 5.32 Å². The van der Waals surface area contributed by atoms with Crippen LogP contribution < -0.4 is 20.5 Å². The maximum absolute atomic E-state index is 12.1. The van der Waals surface area contributed by atoms with Gasteiger partial charge in [0.15, 0.2) is 11.5 Å². The molecule has 1 aromatic carbocycles. The van der Waals surface area contributed by atoms with Crippen molar-refractivity contribution in [1.82, 2.24) is 0 Å². The van der Waals surface area contributed by atoms with Gasteiger partial charge in [0.1, 0.15) is 4.88 Å². The van der Waals surface area contributed by atoms with Crippen LogP contribution in [0.5, 0.6) is 11.5 Å². The summed E-state index contributed by atoms with van der Waals surface area (Å²) >= 11 is 1.31. The lowest BCUT2D eigenvalue weighted by atomic mass is 10.2. The average Bonchev–Trinajstić information content (AvgIpc) is 2.87.